The van der Waals surface area contributed by atoms with Crippen molar-refractivity contribution >= 4 is 11.6 Å². The van der Waals surface area contributed by atoms with E-state index in [1.54, 1.807) is 18.3 Å². The van der Waals surface area contributed by atoms with E-state index in [4.69, 9.17) is 16.0 Å². The summed E-state index contributed by atoms with van der Waals surface area (Å²) in [6.45, 7) is 1.21. The smallest absolute Gasteiger partial charge is 0.247 e. The van der Waals surface area contributed by atoms with Gasteiger partial charge in [-0.25, -0.2) is 0 Å². The van der Waals surface area contributed by atoms with Gasteiger partial charge in [0, 0.05) is 29.5 Å². The molecule has 106 valence electrons. The van der Waals surface area contributed by atoms with Crippen molar-refractivity contribution in [2.45, 2.75) is 13.1 Å². The van der Waals surface area contributed by atoms with Crippen molar-refractivity contribution in [2.24, 2.45) is 0 Å². The SMILES string of the molecule is Clc1ccc(-c2nnc(CNCc3cccnc3)o2)cc1. The molecule has 3 aromatic rings. The maximum atomic E-state index is 5.85. The van der Waals surface area contributed by atoms with Gasteiger partial charge in [0.2, 0.25) is 11.8 Å². The summed E-state index contributed by atoms with van der Waals surface area (Å²) >= 11 is 5.85. The lowest BCUT2D eigenvalue weighted by Gasteiger charge is -2.00. The van der Waals surface area contributed by atoms with Crippen LogP contribution in [-0.4, -0.2) is 15.2 Å². The number of nitrogens with one attached hydrogen (secondary N) is 1. The molecule has 0 amide bonds. The summed E-state index contributed by atoms with van der Waals surface area (Å²) in [4.78, 5) is 4.06. The van der Waals surface area contributed by atoms with Crippen molar-refractivity contribution in [3.63, 3.8) is 0 Å². The zero-order valence-corrected chi connectivity index (χ0v) is 11.9. The van der Waals surface area contributed by atoms with Gasteiger partial charge in [-0.05, 0) is 35.9 Å². The third kappa shape index (κ3) is 3.65. The van der Waals surface area contributed by atoms with Crippen LogP contribution in [0.2, 0.25) is 5.02 Å². The molecule has 0 bridgehead atoms. The number of benzene rings is 1. The molecule has 3 rings (SSSR count). The van der Waals surface area contributed by atoms with E-state index in [0.29, 0.717) is 29.9 Å². The molecule has 0 aliphatic heterocycles. The van der Waals surface area contributed by atoms with E-state index in [2.05, 4.69) is 20.5 Å². The second-order valence-electron chi connectivity index (χ2n) is 4.47. The van der Waals surface area contributed by atoms with Crippen LogP contribution in [0.25, 0.3) is 11.5 Å². The van der Waals surface area contributed by atoms with E-state index < -0.39 is 0 Å². The lowest BCUT2D eigenvalue weighted by atomic mass is 10.2. The molecule has 0 fully saturated rings. The Balaban J connectivity index is 1.59. The minimum atomic E-state index is 0.491. The average molecular weight is 301 g/mol. The van der Waals surface area contributed by atoms with Crippen LogP contribution in [0.5, 0.6) is 0 Å². The summed E-state index contributed by atoms with van der Waals surface area (Å²) in [6.07, 6.45) is 3.57. The molecule has 0 aliphatic carbocycles. The fraction of sp³-hybridized carbons (Fsp3) is 0.133. The number of hydrogen-bond acceptors (Lipinski definition) is 5. The van der Waals surface area contributed by atoms with Crippen LogP contribution in [0.1, 0.15) is 11.5 Å². The van der Waals surface area contributed by atoms with Gasteiger partial charge >= 0.3 is 0 Å². The highest BCUT2D eigenvalue weighted by molar-refractivity contribution is 6.30. The van der Waals surface area contributed by atoms with Crippen LogP contribution < -0.4 is 5.32 Å². The maximum Gasteiger partial charge on any atom is 0.247 e. The average Bonchev–Trinajstić information content (AvgIpc) is 2.98. The Hall–Kier alpha value is -2.24. The van der Waals surface area contributed by atoms with Crippen molar-refractivity contribution in [2.75, 3.05) is 0 Å². The third-order valence-corrected chi connectivity index (χ3v) is 3.14. The highest BCUT2D eigenvalue weighted by Gasteiger charge is 2.08. The number of nitrogens with zero attached hydrogens (tertiary/aromatic N) is 3. The number of aromatic nitrogens is 3. The number of rotatable bonds is 5. The predicted molar refractivity (Wildman–Crippen MR) is 79.5 cm³/mol. The minimum Gasteiger partial charge on any atom is -0.419 e. The first-order chi connectivity index (χ1) is 10.3. The quantitative estimate of drug-likeness (QED) is 0.784. The third-order valence-electron chi connectivity index (χ3n) is 2.89. The van der Waals surface area contributed by atoms with Gasteiger partial charge in [-0.2, -0.15) is 0 Å². The molecule has 0 unspecified atom stereocenters. The molecule has 2 aromatic heterocycles. The Morgan fingerprint density at radius 2 is 1.90 bits per heavy atom. The van der Waals surface area contributed by atoms with E-state index >= 15 is 0 Å². The molecule has 1 aromatic carbocycles. The molecule has 0 saturated carbocycles. The van der Waals surface area contributed by atoms with Crippen LogP contribution in [0.4, 0.5) is 0 Å². The first-order valence-electron chi connectivity index (χ1n) is 6.49. The van der Waals surface area contributed by atoms with Crippen LogP contribution >= 0.6 is 11.6 Å². The van der Waals surface area contributed by atoms with Gasteiger partial charge < -0.3 is 9.73 Å². The van der Waals surface area contributed by atoms with Crippen LogP contribution in [0.3, 0.4) is 0 Å². The normalized spacial score (nSPS) is 10.7. The predicted octanol–water partition coefficient (Wildman–Crippen LogP) is 3.07. The highest BCUT2D eigenvalue weighted by Crippen LogP contribution is 2.20. The number of hydrogen-bond donors (Lipinski definition) is 1. The number of halogens is 1. The van der Waals surface area contributed by atoms with Crippen molar-refractivity contribution in [1.82, 2.24) is 20.5 Å². The van der Waals surface area contributed by atoms with Crippen molar-refractivity contribution < 1.29 is 4.42 Å². The van der Waals surface area contributed by atoms with E-state index in [1.165, 1.54) is 0 Å². The van der Waals surface area contributed by atoms with Crippen LogP contribution in [-0.2, 0) is 13.1 Å². The van der Waals surface area contributed by atoms with Crippen LogP contribution in [0, 0.1) is 0 Å². The summed E-state index contributed by atoms with van der Waals surface area (Å²) in [5.74, 6) is 1.04. The minimum absolute atomic E-state index is 0.491. The van der Waals surface area contributed by atoms with E-state index in [9.17, 15) is 0 Å². The molecule has 0 saturated heterocycles. The van der Waals surface area contributed by atoms with E-state index in [0.717, 1.165) is 11.1 Å². The summed E-state index contributed by atoms with van der Waals surface area (Å²) in [7, 11) is 0. The van der Waals surface area contributed by atoms with E-state index in [-0.39, 0.29) is 0 Å². The Labute approximate surface area is 127 Å². The fourth-order valence-electron chi connectivity index (χ4n) is 1.85. The zero-order valence-electron chi connectivity index (χ0n) is 11.2. The second kappa shape index (κ2) is 6.47. The Morgan fingerprint density at radius 1 is 1.05 bits per heavy atom. The molecular formula is C15H13ClN4O. The Morgan fingerprint density at radius 3 is 2.67 bits per heavy atom. The van der Waals surface area contributed by atoms with Crippen molar-refractivity contribution in [3.8, 4) is 11.5 Å². The monoisotopic (exact) mass is 300 g/mol. The van der Waals surface area contributed by atoms with Crippen LogP contribution in [0.15, 0.2) is 53.2 Å². The summed E-state index contributed by atoms with van der Waals surface area (Å²) < 4.78 is 5.60. The Bertz CT molecular complexity index is 697. The van der Waals surface area contributed by atoms with Gasteiger partial charge in [-0.3, -0.25) is 4.98 Å². The fourth-order valence-corrected chi connectivity index (χ4v) is 1.98. The van der Waals surface area contributed by atoms with Gasteiger partial charge in [0.25, 0.3) is 0 Å². The standard InChI is InChI=1S/C15H13ClN4O/c16-13-5-3-12(4-6-13)15-20-19-14(21-15)10-18-9-11-2-1-7-17-8-11/h1-8,18H,9-10H2. The molecule has 5 nitrogen and oxygen atoms in total. The van der Waals surface area contributed by atoms with Crippen molar-refractivity contribution in [1.29, 1.82) is 0 Å². The summed E-state index contributed by atoms with van der Waals surface area (Å²) in [5, 5.41) is 12.0. The topological polar surface area (TPSA) is 63.8 Å². The lowest BCUT2D eigenvalue weighted by molar-refractivity contribution is 0.477. The molecular weight excluding hydrogens is 288 g/mol. The summed E-state index contributed by atoms with van der Waals surface area (Å²) in [5.41, 5.74) is 1.96. The number of pyridine rings is 1. The van der Waals surface area contributed by atoms with Gasteiger partial charge in [0.1, 0.15) is 0 Å². The highest BCUT2D eigenvalue weighted by atomic mass is 35.5. The van der Waals surface area contributed by atoms with Gasteiger partial charge in [0.05, 0.1) is 6.54 Å². The molecule has 6 heteroatoms. The molecule has 0 radical (unpaired) electrons. The zero-order chi connectivity index (χ0) is 14.5. The first kappa shape index (κ1) is 13.7. The summed E-state index contributed by atoms with van der Waals surface area (Å²) in [6, 6.07) is 11.2. The van der Waals surface area contributed by atoms with Gasteiger partial charge in [-0.1, -0.05) is 17.7 Å². The Kier molecular flexibility index (Phi) is 4.23. The van der Waals surface area contributed by atoms with Gasteiger partial charge in [-0.15, -0.1) is 10.2 Å². The molecule has 0 atom stereocenters. The maximum absolute atomic E-state index is 5.85. The first-order valence-corrected chi connectivity index (χ1v) is 6.87. The molecule has 0 aliphatic rings. The van der Waals surface area contributed by atoms with E-state index in [1.807, 2.05) is 30.5 Å². The molecule has 21 heavy (non-hydrogen) atoms. The molecule has 2 heterocycles. The van der Waals surface area contributed by atoms with Gasteiger partial charge in [0.15, 0.2) is 0 Å². The molecule has 1 N–H and O–H groups in total. The largest absolute Gasteiger partial charge is 0.419 e. The second-order valence-corrected chi connectivity index (χ2v) is 4.91. The molecule has 0 spiro atoms. The lowest BCUT2D eigenvalue weighted by Crippen LogP contribution is -2.12. The van der Waals surface area contributed by atoms with Crippen molar-refractivity contribution in [3.05, 3.63) is 65.3 Å².